The van der Waals surface area contributed by atoms with Crippen LogP contribution in [0.15, 0.2) is 0 Å². The lowest BCUT2D eigenvalue weighted by Gasteiger charge is -2.08. The van der Waals surface area contributed by atoms with E-state index < -0.39 is 9.05 Å². The van der Waals surface area contributed by atoms with Crippen molar-refractivity contribution in [1.82, 2.24) is 0 Å². The molecule has 0 atom stereocenters. The van der Waals surface area contributed by atoms with E-state index in [1.807, 2.05) is 0 Å². The molecule has 0 heterocycles. The summed E-state index contributed by atoms with van der Waals surface area (Å²) in [4.78, 5) is 0. The molecule has 0 aromatic carbocycles. The molecular weight excluding hydrogens is 284 g/mol. The van der Waals surface area contributed by atoms with Crippen LogP contribution in [0, 0.1) is 0 Å². The highest BCUT2D eigenvalue weighted by Gasteiger charge is 2.06. The van der Waals surface area contributed by atoms with Crippen LogP contribution in [0.2, 0.25) is 0 Å². The molecule has 0 aromatic heterocycles. The maximum absolute atomic E-state index is 11.7. The maximum atomic E-state index is 11.7. The minimum absolute atomic E-state index is 0.389. The standard InChI is InChI=1S/C12H28N2O3S2/c13-9-5-1-3-7-11-16-19(15,18)17-12-8-4-2-6-10-14/h1-14H2. The van der Waals surface area contributed by atoms with Crippen molar-refractivity contribution in [2.45, 2.75) is 51.4 Å². The zero-order chi connectivity index (χ0) is 14.4. The van der Waals surface area contributed by atoms with E-state index in [9.17, 15) is 4.21 Å². The molecule has 0 amide bonds. The van der Waals surface area contributed by atoms with Crippen molar-refractivity contribution in [3.63, 3.8) is 0 Å². The lowest BCUT2D eigenvalue weighted by atomic mass is 10.2. The van der Waals surface area contributed by atoms with Gasteiger partial charge >= 0.3 is 0 Å². The van der Waals surface area contributed by atoms with Crippen LogP contribution in [0.1, 0.15) is 51.4 Å². The molecule has 0 aliphatic rings. The van der Waals surface area contributed by atoms with Crippen LogP contribution in [-0.2, 0) is 28.6 Å². The van der Waals surface area contributed by atoms with Crippen LogP contribution in [-0.4, -0.2) is 30.5 Å². The molecule has 19 heavy (non-hydrogen) atoms. The van der Waals surface area contributed by atoms with Gasteiger partial charge in [-0.2, -0.15) is 4.21 Å². The number of hydrogen-bond acceptors (Lipinski definition) is 6. The zero-order valence-corrected chi connectivity index (χ0v) is 13.3. The fourth-order valence-electron chi connectivity index (χ4n) is 1.56. The molecule has 0 rings (SSSR count). The molecule has 0 saturated heterocycles. The minimum atomic E-state index is -2.98. The van der Waals surface area contributed by atoms with Crippen molar-refractivity contribution in [3.05, 3.63) is 0 Å². The number of rotatable bonds is 14. The van der Waals surface area contributed by atoms with E-state index in [1.165, 1.54) is 0 Å². The zero-order valence-electron chi connectivity index (χ0n) is 11.7. The summed E-state index contributed by atoms with van der Waals surface area (Å²) in [5.41, 5.74) is 10.8. The summed E-state index contributed by atoms with van der Waals surface area (Å²) in [6, 6.07) is 0. The quantitative estimate of drug-likeness (QED) is 0.474. The van der Waals surface area contributed by atoms with Gasteiger partial charge in [-0.25, -0.2) is 0 Å². The third-order valence-corrected chi connectivity index (χ3v) is 4.14. The molecule has 116 valence electrons. The Morgan fingerprint density at radius 1 is 0.737 bits per heavy atom. The summed E-state index contributed by atoms with van der Waals surface area (Å²) < 4.78 is 21.9. The van der Waals surface area contributed by atoms with Crippen LogP contribution in [0.5, 0.6) is 0 Å². The van der Waals surface area contributed by atoms with Crippen molar-refractivity contribution >= 4 is 20.2 Å². The summed E-state index contributed by atoms with van der Waals surface area (Å²) in [5.74, 6) is 0. The highest BCUT2D eigenvalue weighted by Crippen LogP contribution is 2.05. The van der Waals surface area contributed by atoms with Crippen molar-refractivity contribution in [2.24, 2.45) is 11.5 Å². The molecule has 0 aromatic rings. The second-order valence-corrected chi connectivity index (χ2v) is 6.97. The SMILES string of the molecule is NCCCCCCOS(=O)(=S)OCCCCCCN. The Kier molecular flexibility index (Phi) is 13.4. The highest BCUT2D eigenvalue weighted by molar-refractivity contribution is 8.27. The van der Waals surface area contributed by atoms with E-state index in [1.54, 1.807) is 0 Å². The van der Waals surface area contributed by atoms with Gasteiger partial charge in [-0.3, -0.25) is 8.37 Å². The monoisotopic (exact) mass is 312 g/mol. The number of hydrogen-bond donors (Lipinski definition) is 2. The first kappa shape index (κ1) is 19.2. The van der Waals surface area contributed by atoms with Gasteiger partial charge in [0.2, 0.25) is 0 Å². The van der Waals surface area contributed by atoms with Gasteiger partial charge in [0, 0.05) is 11.2 Å². The molecule has 0 aliphatic carbocycles. The van der Waals surface area contributed by atoms with Crippen molar-refractivity contribution in [2.75, 3.05) is 26.3 Å². The molecule has 0 bridgehead atoms. The van der Waals surface area contributed by atoms with Gasteiger partial charge in [0.15, 0.2) is 0 Å². The van der Waals surface area contributed by atoms with Crippen LogP contribution >= 0.6 is 0 Å². The Morgan fingerprint density at radius 2 is 1.11 bits per heavy atom. The summed E-state index contributed by atoms with van der Waals surface area (Å²) in [6.07, 6.45) is 7.88. The summed E-state index contributed by atoms with van der Waals surface area (Å²) in [6.45, 7) is 2.21. The van der Waals surface area contributed by atoms with Gasteiger partial charge in [0.25, 0.3) is 9.05 Å². The third kappa shape index (κ3) is 14.4. The van der Waals surface area contributed by atoms with Crippen LogP contribution < -0.4 is 11.5 Å². The Labute approximate surface area is 122 Å². The van der Waals surface area contributed by atoms with E-state index in [4.69, 9.17) is 31.0 Å². The lowest BCUT2D eigenvalue weighted by molar-refractivity contribution is 0.238. The molecule has 0 spiro atoms. The van der Waals surface area contributed by atoms with Gasteiger partial charge in [-0.05, 0) is 38.8 Å². The summed E-state index contributed by atoms with van der Waals surface area (Å²) in [5, 5.41) is 0. The Morgan fingerprint density at radius 3 is 1.47 bits per heavy atom. The normalized spacial score (nSPS) is 11.9. The predicted molar refractivity (Wildman–Crippen MR) is 82.5 cm³/mol. The van der Waals surface area contributed by atoms with E-state index in [0.29, 0.717) is 26.3 Å². The fourth-order valence-corrected chi connectivity index (χ4v) is 2.68. The number of nitrogens with two attached hydrogens (primary N) is 2. The van der Waals surface area contributed by atoms with Gasteiger partial charge in [0.05, 0.1) is 13.2 Å². The topological polar surface area (TPSA) is 87.6 Å². The summed E-state index contributed by atoms with van der Waals surface area (Å²) >= 11 is 4.79. The predicted octanol–water partition coefficient (Wildman–Crippen LogP) is 1.63. The summed E-state index contributed by atoms with van der Waals surface area (Å²) in [7, 11) is -2.98. The Balaban J connectivity index is 3.42. The highest BCUT2D eigenvalue weighted by atomic mass is 32.9. The molecule has 4 N–H and O–H groups in total. The Bertz CT molecular complexity index is 263. The first-order valence-electron chi connectivity index (χ1n) is 7.06. The van der Waals surface area contributed by atoms with Gasteiger partial charge in [-0.15, -0.1) is 0 Å². The van der Waals surface area contributed by atoms with Crippen LogP contribution in [0.4, 0.5) is 0 Å². The largest absolute Gasteiger partial charge is 0.330 e. The fraction of sp³-hybridized carbons (Fsp3) is 1.00. The first-order valence-corrected chi connectivity index (χ1v) is 9.39. The average molecular weight is 313 g/mol. The number of unbranched alkanes of at least 4 members (excludes halogenated alkanes) is 6. The van der Waals surface area contributed by atoms with E-state index >= 15 is 0 Å². The molecule has 5 nitrogen and oxygen atoms in total. The molecular formula is C12H28N2O3S2. The molecule has 7 heteroatoms. The van der Waals surface area contributed by atoms with Gasteiger partial charge in [0.1, 0.15) is 0 Å². The van der Waals surface area contributed by atoms with Crippen LogP contribution in [0.25, 0.3) is 0 Å². The molecule has 0 fully saturated rings. The maximum Gasteiger partial charge on any atom is 0.269 e. The first-order chi connectivity index (χ1) is 9.12. The Hall–Kier alpha value is 0.210. The lowest BCUT2D eigenvalue weighted by Crippen LogP contribution is -2.11. The van der Waals surface area contributed by atoms with Crippen LogP contribution in [0.3, 0.4) is 0 Å². The van der Waals surface area contributed by atoms with Crippen molar-refractivity contribution in [3.8, 4) is 0 Å². The van der Waals surface area contributed by atoms with Gasteiger partial charge in [-0.1, -0.05) is 25.7 Å². The van der Waals surface area contributed by atoms with Gasteiger partial charge < -0.3 is 11.5 Å². The van der Waals surface area contributed by atoms with Crippen molar-refractivity contribution < 1.29 is 12.6 Å². The second-order valence-electron chi connectivity index (χ2n) is 4.46. The molecule has 0 saturated carbocycles. The van der Waals surface area contributed by atoms with E-state index in [-0.39, 0.29) is 0 Å². The third-order valence-electron chi connectivity index (χ3n) is 2.65. The second kappa shape index (κ2) is 13.2. The molecule has 0 radical (unpaired) electrons. The van der Waals surface area contributed by atoms with E-state index in [2.05, 4.69) is 0 Å². The average Bonchev–Trinajstić information content (AvgIpc) is 2.38. The van der Waals surface area contributed by atoms with E-state index in [0.717, 1.165) is 51.4 Å². The minimum Gasteiger partial charge on any atom is -0.330 e. The van der Waals surface area contributed by atoms with Crippen molar-refractivity contribution in [1.29, 1.82) is 0 Å². The molecule has 0 unspecified atom stereocenters. The molecule has 0 aliphatic heterocycles. The smallest absolute Gasteiger partial charge is 0.269 e.